The summed E-state index contributed by atoms with van der Waals surface area (Å²) in [5.74, 6) is 0. The topological polar surface area (TPSA) is 48.7 Å². The monoisotopic (exact) mass is 207 g/mol. The van der Waals surface area contributed by atoms with E-state index in [2.05, 4.69) is 10.3 Å². The van der Waals surface area contributed by atoms with Gasteiger partial charge in [0, 0.05) is 11.9 Å². The summed E-state index contributed by atoms with van der Waals surface area (Å²) in [6, 6.07) is 3.66. The molecule has 1 heterocycles. The molecule has 0 atom stereocenters. The fourth-order valence-corrected chi connectivity index (χ4v) is 1.05. The largest absolute Gasteiger partial charge is 0.297 e. The van der Waals surface area contributed by atoms with Gasteiger partial charge in [-0.3, -0.25) is 5.32 Å². The van der Waals surface area contributed by atoms with E-state index in [1.807, 2.05) is 25.3 Å². The predicted molar refractivity (Wildman–Crippen MR) is 55.5 cm³/mol. The van der Waals surface area contributed by atoms with Crippen LogP contribution >= 0.6 is 11.6 Å². The average molecular weight is 208 g/mol. The van der Waals surface area contributed by atoms with Gasteiger partial charge in [-0.1, -0.05) is 23.7 Å². The molecule has 0 aliphatic carbocycles. The van der Waals surface area contributed by atoms with Gasteiger partial charge < -0.3 is 0 Å². The van der Waals surface area contributed by atoms with Gasteiger partial charge >= 0.3 is 0 Å². The normalized spacial score (nSPS) is 10.8. The summed E-state index contributed by atoms with van der Waals surface area (Å²) in [6.45, 7) is 1.84. The molecule has 0 spiro atoms. The van der Waals surface area contributed by atoms with Crippen LogP contribution in [0.25, 0.3) is 0 Å². The third-order valence-corrected chi connectivity index (χ3v) is 1.91. The second kappa shape index (κ2) is 5.25. The summed E-state index contributed by atoms with van der Waals surface area (Å²) in [5, 5.41) is 11.4. The molecule has 14 heavy (non-hydrogen) atoms. The van der Waals surface area contributed by atoms with E-state index in [-0.39, 0.29) is 0 Å². The smallest absolute Gasteiger partial charge is 0.181 e. The Morgan fingerprint density at radius 2 is 2.50 bits per heavy atom. The van der Waals surface area contributed by atoms with Crippen LogP contribution in [0.3, 0.4) is 0 Å². The van der Waals surface area contributed by atoms with E-state index in [9.17, 15) is 0 Å². The highest BCUT2D eigenvalue weighted by atomic mass is 35.5. The molecule has 1 aromatic rings. The number of rotatable bonds is 3. The van der Waals surface area contributed by atoms with E-state index in [1.54, 1.807) is 12.3 Å². The molecule has 0 aliphatic heterocycles. The van der Waals surface area contributed by atoms with Crippen molar-refractivity contribution in [2.45, 2.75) is 13.3 Å². The average Bonchev–Trinajstić information content (AvgIpc) is 2.17. The van der Waals surface area contributed by atoms with Crippen LogP contribution < -0.4 is 5.32 Å². The summed E-state index contributed by atoms with van der Waals surface area (Å²) < 4.78 is 0. The summed E-state index contributed by atoms with van der Waals surface area (Å²) in [5.41, 5.74) is 1.90. The molecule has 4 heteroatoms. The third-order valence-electron chi connectivity index (χ3n) is 1.69. The molecule has 0 unspecified atom stereocenters. The molecule has 1 N–H and O–H groups in total. The molecule has 3 nitrogen and oxygen atoms in total. The summed E-state index contributed by atoms with van der Waals surface area (Å²) >= 11 is 5.64. The molecular weight excluding hydrogens is 198 g/mol. The van der Waals surface area contributed by atoms with E-state index < -0.39 is 0 Å². The van der Waals surface area contributed by atoms with Crippen LogP contribution in [0.1, 0.15) is 12.5 Å². The lowest BCUT2D eigenvalue weighted by molar-refractivity contribution is 1.04. The standard InChI is InChI=1S/C10H10ClN3/c1-8(14-7-12)2-3-9-4-5-10(11)13-6-9/h2,4-6,14H,3H2,1H3/b8-2+. The molecule has 0 aliphatic rings. The van der Waals surface area contributed by atoms with Crippen molar-refractivity contribution in [1.29, 1.82) is 5.26 Å². The minimum Gasteiger partial charge on any atom is -0.297 e. The number of pyridine rings is 1. The van der Waals surface area contributed by atoms with E-state index in [0.717, 1.165) is 17.7 Å². The highest BCUT2D eigenvalue weighted by Crippen LogP contribution is 2.06. The van der Waals surface area contributed by atoms with Crippen molar-refractivity contribution in [2.24, 2.45) is 0 Å². The van der Waals surface area contributed by atoms with Crippen molar-refractivity contribution in [1.82, 2.24) is 10.3 Å². The molecule has 0 amide bonds. The molecule has 0 aromatic carbocycles. The first-order valence-electron chi connectivity index (χ1n) is 4.14. The first kappa shape index (κ1) is 10.6. The molecule has 0 radical (unpaired) electrons. The Balaban J connectivity index is 2.58. The number of nitriles is 1. The Bertz CT molecular complexity index is 362. The van der Waals surface area contributed by atoms with Crippen LogP contribution in [0.15, 0.2) is 30.1 Å². The van der Waals surface area contributed by atoms with Gasteiger partial charge in [-0.15, -0.1) is 0 Å². The van der Waals surface area contributed by atoms with E-state index in [4.69, 9.17) is 16.9 Å². The number of nitrogens with one attached hydrogen (secondary N) is 1. The van der Waals surface area contributed by atoms with Crippen molar-refractivity contribution in [3.63, 3.8) is 0 Å². The molecule has 0 bridgehead atoms. The maximum Gasteiger partial charge on any atom is 0.181 e. The van der Waals surface area contributed by atoms with Gasteiger partial charge in [-0.05, 0) is 25.0 Å². The Morgan fingerprint density at radius 1 is 1.71 bits per heavy atom. The fraction of sp³-hybridized carbons (Fsp3) is 0.200. The van der Waals surface area contributed by atoms with E-state index in [0.29, 0.717) is 5.15 Å². The van der Waals surface area contributed by atoms with Crippen molar-refractivity contribution < 1.29 is 0 Å². The van der Waals surface area contributed by atoms with Crippen LogP contribution in [-0.4, -0.2) is 4.98 Å². The van der Waals surface area contributed by atoms with Crippen LogP contribution in [0.5, 0.6) is 0 Å². The minimum atomic E-state index is 0.490. The van der Waals surface area contributed by atoms with Crippen LogP contribution in [0.2, 0.25) is 5.15 Å². The lowest BCUT2D eigenvalue weighted by Crippen LogP contribution is -2.01. The Labute approximate surface area is 88.0 Å². The highest BCUT2D eigenvalue weighted by Gasteiger charge is 1.92. The maximum atomic E-state index is 8.34. The summed E-state index contributed by atoms with van der Waals surface area (Å²) in [7, 11) is 0. The number of halogens is 1. The molecule has 1 aromatic heterocycles. The van der Waals surface area contributed by atoms with Gasteiger partial charge in [-0.25, -0.2) is 4.98 Å². The molecule has 1 rings (SSSR count). The number of allylic oxidation sites excluding steroid dienone is 2. The zero-order chi connectivity index (χ0) is 10.4. The lowest BCUT2D eigenvalue weighted by Gasteiger charge is -1.98. The highest BCUT2D eigenvalue weighted by molar-refractivity contribution is 6.29. The minimum absolute atomic E-state index is 0.490. The van der Waals surface area contributed by atoms with Gasteiger partial charge in [-0.2, -0.15) is 5.26 Å². The van der Waals surface area contributed by atoms with Gasteiger partial charge in [0.25, 0.3) is 0 Å². The van der Waals surface area contributed by atoms with Crippen LogP contribution in [-0.2, 0) is 6.42 Å². The second-order valence-corrected chi connectivity index (χ2v) is 3.20. The van der Waals surface area contributed by atoms with E-state index >= 15 is 0 Å². The zero-order valence-corrected chi connectivity index (χ0v) is 8.54. The molecule has 72 valence electrons. The van der Waals surface area contributed by atoms with Crippen molar-refractivity contribution in [3.05, 3.63) is 40.8 Å². The van der Waals surface area contributed by atoms with Gasteiger partial charge in [0.15, 0.2) is 6.19 Å². The first-order valence-corrected chi connectivity index (χ1v) is 4.52. The van der Waals surface area contributed by atoms with Crippen LogP contribution in [0.4, 0.5) is 0 Å². The van der Waals surface area contributed by atoms with Gasteiger partial charge in [0.1, 0.15) is 5.15 Å². The van der Waals surface area contributed by atoms with Gasteiger partial charge in [0.05, 0.1) is 0 Å². The fourth-order valence-electron chi connectivity index (χ4n) is 0.937. The molecule has 0 saturated carbocycles. The Morgan fingerprint density at radius 3 is 3.07 bits per heavy atom. The van der Waals surface area contributed by atoms with Crippen molar-refractivity contribution in [3.8, 4) is 6.19 Å². The predicted octanol–water partition coefficient (Wildman–Crippen LogP) is 2.25. The third kappa shape index (κ3) is 3.46. The van der Waals surface area contributed by atoms with Crippen molar-refractivity contribution in [2.75, 3.05) is 0 Å². The van der Waals surface area contributed by atoms with Crippen LogP contribution in [0, 0.1) is 11.5 Å². The maximum absolute atomic E-state index is 8.34. The Hall–Kier alpha value is -1.53. The lowest BCUT2D eigenvalue weighted by atomic mass is 10.2. The number of aromatic nitrogens is 1. The van der Waals surface area contributed by atoms with Crippen molar-refractivity contribution >= 4 is 11.6 Å². The molecule has 0 fully saturated rings. The second-order valence-electron chi connectivity index (χ2n) is 2.82. The Kier molecular flexibility index (Phi) is 3.96. The SMILES string of the molecule is C/C(=C\Cc1ccc(Cl)nc1)NC#N. The summed E-state index contributed by atoms with van der Waals surface area (Å²) in [6.07, 6.45) is 6.24. The molecular formula is C10H10ClN3. The summed E-state index contributed by atoms with van der Waals surface area (Å²) in [4.78, 5) is 3.95. The quantitative estimate of drug-likeness (QED) is 0.470. The van der Waals surface area contributed by atoms with Gasteiger partial charge in [0.2, 0.25) is 0 Å². The number of nitrogens with zero attached hydrogens (tertiary/aromatic N) is 2. The number of hydrogen-bond acceptors (Lipinski definition) is 3. The first-order chi connectivity index (χ1) is 6.72. The van der Waals surface area contributed by atoms with E-state index in [1.165, 1.54) is 0 Å². The molecule has 0 saturated heterocycles. The number of hydrogen-bond donors (Lipinski definition) is 1. The zero-order valence-electron chi connectivity index (χ0n) is 7.79.